The van der Waals surface area contributed by atoms with Crippen LogP contribution in [-0.4, -0.2) is 15.7 Å². The Kier molecular flexibility index (Phi) is 5.92. The van der Waals surface area contributed by atoms with E-state index >= 15 is 0 Å². The standard InChI is InChI=1S/C20H21N5.HI/c21-20(24-18-9-8-16-5-2-6-17(16)13-18)22-14-15-4-1-7-19(12-15)25-11-3-10-23-25;/h1,3-4,7-13H,2,5-6,14H2,(H3,21,22,24);1H. The van der Waals surface area contributed by atoms with Crippen LogP contribution in [0.1, 0.15) is 23.1 Å². The van der Waals surface area contributed by atoms with E-state index in [0.29, 0.717) is 12.5 Å². The molecular weight excluding hydrogens is 437 g/mol. The number of halogens is 1. The number of aryl methyl sites for hydroxylation is 2. The molecule has 3 N–H and O–H groups in total. The van der Waals surface area contributed by atoms with E-state index in [9.17, 15) is 0 Å². The predicted molar refractivity (Wildman–Crippen MR) is 116 cm³/mol. The van der Waals surface area contributed by atoms with Gasteiger partial charge in [0.15, 0.2) is 5.96 Å². The van der Waals surface area contributed by atoms with Crippen LogP contribution in [0.15, 0.2) is 65.9 Å². The summed E-state index contributed by atoms with van der Waals surface area (Å²) < 4.78 is 1.83. The summed E-state index contributed by atoms with van der Waals surface area (Å²) in [5.74, 6) is 0.433. The minimum Gasteiger partial charge on any atom is -0.370 e. The first-order valence-electron chi connectivity index (χ1n) is 8.56. The molecule has 0 atom stereocenters. The molecule has 0 spiro atoms. The zero-order chi connectivity index (χ0) is 17.1. The van der Waals surface area contributed by atoms with E-state index in [0.717, 1.165) is 23.4 Å². The molecule has 134 valence electrons. The highest BCUT2D eigenvalue weighted by Crippen LogP contribution is 2.24. The number of nitrogens with two attached hydrogens (primary N) is 1. The molecule has 2 aromatic carbocycles. The Morgan fingerprint density at radius 1 is 1.12 bits per heavy atom. The molecule has 0 unspecified atom stereocenters. The van der Waals surface area contributed by atoms with E-state index in [1.807, 2.05) is 35.1 Å². The minimum atomic E-state index is 0. The maximum Gasteiger partial charge on any atom is 0.193 e. The van der Waals surface area contributed by atoms with Crippen molar-refractivity contribution in [3.63, 3.8) is 0 Å². The SMILES string of the molecule is I.NC(=NCc1cccc(-n2cccn2)c1)Nc1ccc2c(c1)CCC2. The van der Waals surface area contributed by atoms with Crippen molar-refractivity contribution < 1.29 is 0 Å². The number of nitrogens with one attached hydrogen (secondary N) is 1. The first-order chi connectivity index (χ1) is 12.3. The summed E-state index contributed by atoms with van der Waals surface area (Å²) >= 11 is 0. The molecule has 4 rings (SSSR count). The Morgan fingerprint density at radius 3 is 2.85 bits per heavy atom. The number of rotatable bonds is 4. The number of aliphatic imine (C=N–C) groups is 1. The van der Waals surface area contributed by atoms with Crippen LogP contribution in [-0.2, 0) is 19.4 Å². The van der Waals surface area contributed by atoms with Crippen molar-refractivity contribution in [3.8, 4) is 5.69 Å². The van der Waals surface area contributed by atoms with Crippen molar-refractivity contribution >= 4 is 35.6 Å². The van der Waals surface area contributed by atoms with Gasteiger partial charge in [-0.25, -0.2) is 9.67 Å². The molecule has 0 bridgehead atoms. The van der Waals surface area contributed by atoms with Gasteiger partial charge in [0, 0.05) is 18.1 Å². The van der Waals surface area contributed by atoms with Gasteiger partial charge < -0.3 is 11.1 Å². The van der Waals surface area contributed by atoms with E-state index in [2.05, 4.69) is 39.7 Å². The summed E-state index contributed by atoms with van der Waals surface area (Å²) in [6.07, 6.45) is 7.28. The van der Waals surface area contributed by atoms with Crippen molar-refractivity contribution in [1.29, 1.82) is 0 Å². The van der Waals surface area contributed by atoms with Gasteiger partial charge in [-0.2, -0.15) is 5.10 Å². The fourth-order valence-corrected chi connectivity index (χ4v) is 3.23. The second-order valence-electron chi connectivity index (χ2n) is 6.28. The van der Waals surface area contributed by atoms with Gasteiger partial charge >= 0.3 is 0 Å². The van der Waals surface area contributed by atoms with Crippen molar-refractivity contribution in [2.45, 2.75) is 25.8 Å². The quantitative estimate of drug-likeness (QED) is 0.353. The third-order valence-electron chi connectivity index (χ3n) is 4.48. The van der Waals surface area contributed by atoms with Crippen molar-refractivity contribution in [2.75, 3.05) is 5.32 Å². The van der Waals surface area contributed by atoms with Crippen LogP contribution < -0.4 is 11.1 Å². The van der Waals surface area contributed by atoms with Gasteiger partial charge in [0.1, 0.15) is 0 Å². The molecule has 6 heteroatoms. The number of nitrogens with zero attached hydrogens (tertiary/aromatic N) is 3. The molecule has 1 aliphatic rings. The van der Waals surface area contributed by atoms with Gasteiger partial charge in [0.2, 0.25) is 0 Å². The fraction of sp³-hybridized carbons (Fsp3) is 0.200. The molecule has 1 aliphatic carbocycles. The normalized spacial score (nSPS) is 13.2. The molecule has 0 saturated heterocycles. The number of benzene rings is 2. The maximum absolute atomic E-state index is 6.05. The lowest BCUT2D eigenvalue weighted by Crippen LogP contribution is -2.22. The minimum absolute atomic E-state index is 0. The highest BCUT2D eigenvalue weighted by molar-refractivity contribution is 14.0. The monoisotopic (exact) mass is 459 g/mol. The van der Waals surface area contributed by atoms with Gasteiger partial charge in [0.25, 0.3) is 0 Å². The lowest BCUT2D eigenvalue weighted by atomic mass is 10.1. The van der Waals surface area contributed by atoms with E-state index in [4.69, 9.17) is 5.73 Å². The molecule has 5 nitrogen and oxygen atoms in total. The van der Waals surface area contributed by atoms with Crippen LogP contribution in [0, 0.1) is 0 Å². The average Bonchev–Trinajstić information content (AvgIpc) is 3.31. The average molecular weight is 459 g/mol. The second-order valence-corrected chi connectivity index (χ2v) is 6.28. The van der Waals surface area contributed by atoms with Crippen LogP contribution in [0.2, 0.25) is 0 Å². The Bertz CT molecular complexity index is 902. The molecular formula is C20H22IN5. The van der Waals surface area contributed by atoms with Crippen molar-refractivity contribution in [2.24, 2.45) is 10.7 Å². The Balaban J connectivity index is 0.00000196. The topological polar surface area (TPSA) is 68.2 Å². The molecule has 0 fully saturated rings. The summed E-state index contributed by atoms with van der Waals surface area (Å²) in [5, 5.41) is 7.45. The summed E-state index contributed by atoms with van der Waals surface area (Å²) in [4.78, 5) is 4.46. The molecule has 1 heterocycles. The summed E-state index contributed by atoms with van der Waals surface area (Å²) in [7, 11) is 0. The molecule has 0 radical (unpaired) electrons. The van der Waals surface area contributed by atoms with E-state index in [1.165, 1.54) is 24.0 Å². The van der Waals surface area contributed by atoms with Crippen LogP contribution in [0.3, 0.4) is 0 Å². The van der Waals surface area contributed by atoms with Crippen LogP contribution in [0.25, 0.3) is 5.69 Å². The van der Waals surface area contributed by atoms with Gasteiger partial charge in [-0.05, 0) is 66.3 Å². The summed E-state index contributed by atoms with van der Waals surface area (Å²) in [5.41, 5.74) is 12.0. The van der Waals surface area contributed by atoms with Crippen molar-refractivity contribution in [1.82, 2.24) is 9.78 Å². The lowest BCUT2D eigenvalue weighted by molar-refractivity contribution is 0.876. The zero-order valence-electron chi connectivity index (χ0n) is 14.4. The zero-order valence-corrected chi connectivity index (χ0v) is 16.8. The first-order valence-corrected chi connectivity index (χ1v) is 8.56. The van der Waals surface area contributed by atoms with Gasteiger partial charge in [-0.15, -0.1) is 24.0 Å². The highest BCUT2D eigenvalue weighted by atomic mass is 127. The molecule has 0 saturated carbocycles. The smallest absolute Gasteiger partial charge is 0.193 e. The van der Waals surface area contributed by atoms with Crippen LogP contribution >= 0.6 is 24.0 Å². The van der Waals surface area contributed by atoms with Crippen LogP contribution in [0.4, 0.5) is 5.69 Å². The molecule has 0 amide bonds. The highest BCUT2D eigenvalue weighted by Gasteiger charge is 2.10. The number of anilines is 1. The molecule has 3 aromatic rings. The van der Waals surface area contributed by atoms with Crippen molar-refractivity contribution in [3.05, 3.63) is 77.6 Å². The first kappa shape index (κ1) is 18.4. The second kappa shape index (κ2) is 8.35. The van der Waals surface area contributed by atoms with E-state index < -0.39 is 0 Å². The van der Waals surface area contributed by atoms with Gasteiger partial charge in [0.05, 0.1) is 12.2 Å². The maximum atomic E-state index is 6.05. The Morgan fingerprint density at radius 2 is 2.00 bits per heavy atom. The Labute approximate surface area is 170 Å². The van der Waals surface area contributed by atoms with E-state index in [1.54, 1.807) is 6.20 Å². The molecule has 1 aromatic heterocycles. The molecule has 26 heavy (non-hydrogen) atoms. The number of hydrogen-bond donors (Lipinski definition) is 2. The number of fused-ring (bicyclic) bond motifs is 1. The fourth-order valence-electron chi connectivity index (χ4n) is 3.23. The number of hydrogen-bond acceptors (Lipinski definition) is 2. The third kappa shape index (κ3) is 4.24. The van der Waals surface area contributed by atoms with E-state index in [-0.39, 0.29) is 24.0 Å². The molecule has 0 aliphatic heterocycles. The summed E-state index contributed by atoms with van der Waals surface area (Å²) in [6, 6.07) is 16.5. The number of guanidine groups is 1. The Hall–Kier alpha value is -2.35. The van der Waals surface area contributed by atoms with Crippen LogP contribution in [0.5, 0.6) is 0 Å². The predicted octanol–water partition coefficient (Wildman–Crippen LogP) is 3.91. The van der Waals surface area contributed by atoms with Gasteiger partial charge in [-0.3, -0.25) is 0 Å². The summed E-state index contributed by atoms with van der Waals surface area (Å²) in [6.45, 7) is 0.527. The van der Waals surface area contributed by atoms with Gasteiger partial charge in [-0.1, -0.05) is 18.2 Å². The largest absolute Gasteiger partial charge is 0.370 e. The number of aromatic nitrogens is 2. The third-order valence-corrected chi connectivity index (χ3v) is 4.48. The lowest BCUT2D eigenvalue weighted by Gasteiger charge is -2.08.